The van der Waals surface area contributed by atoms with E-state index in [4.69, 9.17) is 8.94 Å². The highest BCUT2D eigenvalue weighted by atomic mass is 32.2. The van der Waals surface area contributed by atoms with Crippen molar-refractivity contribution >= 4 is 32.7 Å². The van der Waals surface area contributed by atoms with Gasteiger partial charge in [0, 0.05) is 19.2 Å². The van der Waals surface area contributed by atoms with Crippen molar-refractivity contribution in [2.24, 2.45) is 0 Å². The van der Waals surface area contributed by atoms with Gasteiger partial charge in [-0.3, -0.25) is 14.5 Å². The lowest BCUT2D eigenvalue weighted by Gasteiger charge is -2.23. The van der Waals surface area contributed by atoms with Gasteiger partial charge in [-0.1, -0.05) is 17.3 Å². The fourth-order valence-electron chi connectivity index (χ4n) is 5.15. The molecule has 1 saturated heterocycles. The van der Waals surface area contributed by atoms with Crippen LogP contribution in [0.2, 0.25) is 0 Å². The topological polar surface area (TPSA) is 114 Å². The summed E-state index contributed by atoms with van der Waals surface area (Å²) in [5.41, 5.74) is 2.65. The quantitative estimate of drug-likeness (QED) is 0.396. The number of nitrogens with zero attached hydrogens (tertiary/aromatic N) is 3. The molecular weight excluding hydrogens is 494 g/mol. The third-order valence-electron chi connectivity index (χ3n) is 7.25. The maximum atomic E-state index is 13.8. The summed E-state index contributed by atoms with van der Waals surface area (Å²) in [6.45, 7) is 6.53. The number of fused-ring (bicyclic) bond motifs is 2. The van der Waals surface area contributed by atoms with Crippen molar-refractivity contribution in [2.75, 3.05) is 18.0 Å². The van der Waals surface area contributed by atoms with Crippen LogP contribution in [-0.2, 0) is 10.0 Å². The molecule has 0 bridgehead atoms. The summed E-state index contributed by atoms with van der Waals surface area (Å²) >= 11 is 0. The first-order chi connectivity index (χ1) is 17.7. The summed E-state index contributed by atoms with van der Waals surface area (Å²) in [6, 6.07) is 10.6. The van der Waals surface area contributed by atoms with E-state index in [9.17, 15) is 18.0 Å². The number of carbonyl (C=O) groups is 1. The molecule has 0 saturated carbocycles. The molecule has 1 amide bonds. The number of anilines is 1. The van der Waals surface area contributed by atoms with Crippen molar-refractivity contribution in [2.45, 2.75) is 44.6 Å². The zero-order valence-corrected chi connectivity index (χ0v) is 21.5. The predicted molar refractivity (Wildman–Crippen MR) is 136 cm³/mol. The van der Waals surface area contributed by atoms with Crippen LogP contribution in [0.3, 0.4) is 0 Å². The number of hydrogen-bond donors (Lipinski definition) is 0. The highest BCUT2D eigenvalue weighted by Gasteiger charge is 2.45. The molecule has 9 nitrogen and oxygen atoms in total. The van der Waals surface area contributed by atoms with Crippen LogP contribution in [0.4, 0.5) is 5.82 Å². The van der Waals surface area contributed by atoms with Crippen molar-refractivity contribution in [1.82, 2.24) is 9.46 Å². The third kappa shape index (κ3) is 3.62. The van der Waals surface area contributed by atoms with E-state index in [1.54, 1.807) is 37.3 Å². The summed E-state index contributed by atoms with van der Waals surface area (Å²) in [5, 5.41) is 4.41. The second kappa shape index (κ2) is 8.39. The number of hydrogen-bond acceptors (Lipinski definition) is 7. The van der Waals surface area contributed by atoms with Crippen molar-refractivity contribution in [3.05, 3.63) is 86.5 Å². The second-order valence-electron chi connectivity index (χ2n) is 9.66. The molecule has 1 fully saturated rings. The van der Waals surface area contributed by atoms with Crippen LogP contribution in [0.5, 0.6) is 0 Å². The maximum absolute atomic E-state index is 13.8. The molecule has 0 aliphatic carbocycles. The van der Waals surface area contributed by atoms with Crippen LogP contribution < -0.4 is 10.3 Å². The normalized spacial score (nSPS) is 18.2. The lowest BCUT2D eigenvalue weighted by molar-refractivity contribution is 0.0969. The van der Waals surface area contributed by atoms with Crippen LogP contribution in [0.1, 0.15) is 57.5 Å². The highest BCUT2D eigenvalue weighted by Crippen LogP contribution is 2.41. The molecule has 4 heterocycles. The molecule has 0 spiro atoms. The van der Waals surface area contributed by atoms with Gasteiger partial charge in [0.2, 0.25) is 15.8 Å². The van der Waals surface area contributed by atoms with Gasteiger partial charge in [0.1, 0.15) is 11.3 Å². The summed E-state index contributed by atoms with van der Waals surface area (Å²) in [6.07, 6.45) is 1.68. The fourth-order valence-corrected chi connectivity index (χ4v) is 6.66. The van der Waals surface area contributed by atoms with Gasteiger partial charge >= 0.3 is 0 Å². The van der Waals surface area contributed by atoms with Crippen molar-refractivity contribution in [3.63, 3.8) is 0 Å². The fraction of sp³-hybridized carbons (Fsp3) is 0.296. The van der Waals surface area contributed by atoms with Gasteiger partial charge in [-0.2, -0.15) is 4.31 Å². The molecule has 2 aliphatic heterocycles. The van der Waals surface area contributed by atoms with E-state index in [1.165, 1.54) is 21.3 Å². The number of amides is 1. The maximum Gasteiger partial charge on any atom is 0.296 e. The first kappa shape index (κ1) is 23.6. The summed E-state index contributed by atoms with van der Waals surface area (Å²) in [5.74, 6) is 0.170. The molecule has 6 rings (SSSR count). The molecule has 1 unspecified atom stereocenters. The Morgan fingerprint density at radius 2 is 1.62 bits per heavy atom. The third-order valence-corrected chi connectivity index (χ3v) is 9.16. The van der Waals surface area contributed by atoms with E-state index >= 15 is 0 Å². The number of aromatic nitrogens is 1. The predicted octanol–water partition coefficient (Wildman–Crippen LogP) is 4.24. The molecule has 2 aliphatic rings. The first-order valence-electron chi connectivity index (χ1n) is 12.1. The minimum atomic E-state index is -3.61. The van der Waals surface area contributed by atoms with Gasteiger partial charge in [-0.25, -0.2) is 8.42 Å². The van der Waals surface area contributed by atoms with Crippen molar-refractivity contribution in [1.29, 1.82) is 0 Å². The van der Waals surface area contributed by atoms with Gasteiger partial charge in [0.05, 0.1) is 21.9 Å². The monoisotopic (exact) mass is 519 g/mol. The Kier molecular flexibility index (Phi) is 5.36. The largest absolute Gasteiger partial charge is 0.450 e. The second-order valence-corrected chi connectivity index (χ2v) is 11.6. The SMILES string of the molecule is Cc1cc(N2C(=O)c3oc4cc(C)c(C)cc4c(=O)c3C2c2ccc(S(=O)(=O)N3CCCC3)cc2)no1. The van der Waals surface area contributed by atoms with E-state index in [2.05, 4.69) is 5.16 Å². The van der Waals surface area contributed by atoms with Gasteiger partial charge in [-0.05, 0) is 74.6 Å². The Morgan fingerprint density at radius 1 is 0.946 bits per heavy atom. The van der Waals surface area contributed by atoms with E-state index in [-0.39, 0.29) is 27.5 Å². The Labute approximate surface area is 213 Å². The molecule has 2 aromatic heterocycles. The summed E-state index contributed by atoms with van der Waals surface area (Å²) < 4.78 is 38.8. The number of aryl methyl sites for hydroxylation is 3. The zero-order valence-electron chi connectivity index (χ0n) is 20.6. The van der Waals surface area contributed by atoms with Crippen molar-refractivity contribution < 1.29 is 22.2 Å². The molecule has 4 aromatic rings. The van der Waals surface area contributed by atoms with Gasteiger partial charge in [0.25, 0.3) is 5.91 Å². The summed E-state index contributed by atoms with van der Waals surface area (Å²) in [4.78, 5) is 29.0. The van der Waals surface area contributed by atoms with Crippen LogP contribution >= 0.6 is 0 Å². The lowest BCUT2D eigenvalue weighted by atomic mass is 9.97. The molecule has 1 atom stereocenters. The standard InChI is InChI=1S/C27H25N3O6S/c1-15-12-20-21(13-16(15)2)35-26-23(25(20)31)24(30(27(26)32)22-14-17(3)36-28-22)18-6-8-19(9-7-18)37(33,34)29-10-4-5-11-29/h6-9,12-14,24H,4-5,10-11H2,1-3H3. The average Bonchev–Trinajstić information content (AvgIpc) is 3.61. The molecule has 37 heavy (non-hydrogen) atoms. The van der Waals surface area contributed by atoms with E-state index < -0.39 is 22.0 Å². The molecule has 2 aromatic carbocycles. The zero-order chi connectivity index (χ0) is 26.1. The minimum Gasteiger partial charge on any atom is -0.450 e. The number of rotatable bonds is 4. The van der Waals surface area contributed by atoms with Crippen LogP contribution in [0.25, 0.3) is 11.0 Å². The Bertz CT molecular complexity index is 1730. The van der Waals surface area contributed by atoms with E-state index in [1.807, 2.05) is 13.8 Å². The average molecular weight is 520 g/mol. The number of sulfonamides is 1. The Balaban J connectivity index is 1.53. The highest BCUT2D eigenvalue weighted by molar-refractivity contribution is 7.89. The number of carbonyl (C=O) groups excluding carboxylic acids is 1. The number of benzene rings is 2. The smallest absolute Gasteiger partial charge is 0.296 e. The summed E-state index contributed by atoms with van der Waals surface area (Å²) in [7, 11) is -3.61. The Morgan fingerprint density at radius 3 is 2.27 bits per heavy atom. The van der Waals surface area contributed by atoms with E-state index in [0.717, 1.165) is 24.0 Å². The molecule has 190 valence electrons. The lowest BCUT2D eigenvalue weighted by Crippen LogP contribution is -2.30. The van der Waals surface area contributed by atoms with Crippen molar-refractivity contribution in [3.8, 4) is 0 Å². The van der Waals surface area contributed by atoms with Gasteiger partial charge in [0.15, 0.2) is 11.2 Å². The van der Waals surface area contributed by atoms with E-state index in [0.29, 0.717) is 35.4 Å². The van der Waals surface area contributed by atoms with Gasteiger partial charge < -0.3 is 8.94 Å². The molecule has 0 radical (unpaired) electrons. The molecular formula is C27H25N3O6S. The van der Waals surface area contributed by atoms with Crippen LogP contribution in [0.15, 0.2) is 61.1 Å². The van der Waals surface area contributed by atoms with Gasteiger partial charge in [-0.15, -0.1) is 0 Å². The first-order valence-corrected chi connectivity index (χ1v) is 13.6. The van der Waals surface area contributed by atoms with Crippen LogP contribution in [-0.4, -0.2) is 36.9 Å². The van der Waals surface area contributed by atoms with Crippen LogP contribution in [0, 0.1) is 20.8 Å². The Hall–Kier alpha value is -3.76. The molecule has 0 N–H and O–H groups in total. The minimum absolute atomic E-state index is 0.0554. The molecule has 10 heteroatoms.